The van der Waals surface area contributed by atoms with Crippen molar-refractivity contribution in [2.75, 3.05) is 6.54 Å². The Kier molecular flexibility index (Phi) is 7.35. The first-order chi connectivity index (χ1) is 15.3. The summed E-state index contributed by atoms with van der Waals surface area (Å²) in [5, 5.41) is 2.50. The minimum absolute atomic E-state index is 0.0126. The van der Waals surface area contributed by atoms with Crippen molar-refractivity contribution in [3.63, 3.8) is 0 Å². The number of furan rings is 1. The Hall–Kier alpha value is -3.55. The second-order valence-electron chi connectivity index (χ2n) is 7.35. The van der Waals surface area contributed by atoms with Crippen molar-refractivity contribution in [2.24, 2.45) is 0 Å². The van der Waals surface area contributed by atoms with E-state index in [0.29, 0.717) is 11.1 Å². The highest BCUT2D eigenvalue weighted by Crippen LogP contribution is 2.39. The summed E-state index contributed by atoms with van der Waals surface area (Å²) in [7, 11) is 0. The van der Waals surface area contributed by atoms with Crippen LogP contribution in [0.25, 0.3) is 0 Å². The van der Waals surface area contributed by atoms with Gasteiger partial charge in [0.1, 0.15) is 0 Å². The molecule has 32 heavy (non-hydrogen) atoms. The van der Waals surface area contributed by atoms with Gasteiger partial charge in [0.15, 0.2) is 11.8 Å². The van der Waals surface area contributed by atoms with Gasteiger partial charge in [-0.25, -0.2) is 0 Å². The Bertz CT molecular complexity index is 1030. The molecule has 168 valence electrons. The van der Waals surface area contributed by atoms with Crippen molar-refractivity contribution in [1.29, 1.82) is 0 Å². The number of carbonyl (C=O) groups excluding carboxylic acids is 2. The molecule has 0 saturated carbocycles. The van der Waals surface area contributed by atoms with Crippen molar-refractivity contribution in [1.82, 2.24) is 10.2 Å². The molecule has 1 N–H and O–H groups in total. The van der Waals surface area contributed by atoms with Crippen LogP contribution in [0.2, 0.25) is 0 Å². The molecular weight excluding hydrogens is 421 g/mol. The fourth-order valence-electron chi connectivity index (χ4n) is 3.41. The molecule has 0 bridgehead atoms. The summed E-state index contributed by atoms with van der Waals surface area (Å²) >= 11 is 0. The molecular formula is C24H23F3N2O3. The zero-order valence-electron chi connectivity index (χ0n) is 17.4. The first-order valence-electron chi connectivity index (χ1n) is 10.0. The number of hydrogen-bond acceptors (Lipinski definition) is 3. The molecule has 0 saturated heterocycles. The molecule has 2 amide bonds. The number of aryl methyl sites for hydroxylation is 1. The molecule has 0 spiro atoms. The normalized spacial score (nSPS) is 12.2. The van der Waals surface area contributed by atoms with E-state index in [0.717, 1.165) is 4.90 Å². The van der Waals surface area contributed by atoms with E-state index in [9.17, 15) is 22.8 Å². The summed E-state index contributed by atoms with van der Waals surface area (Å²) in [6.45, 7) is 1.36. The van der Waals surface area contributed by atoms with Crippen LogP contribution in [0.1, 0.15) is 39.7 Å². The van der Waals surface area contributed by atoms with Gasteiger partial charge in [0.2, 0.25) is 5.91 Å². The standard InChI is InChI=1S/C24H23F3N2O3/c1-17-7-5-10-19(15-17)22(24(25,26)27)29(16-18-8-3-2-4-9-18)21(30)12-13-28-23(31)20-11-6-14-32-20/h2-11,14-15,22H,12-13,16H2,1H3,(H,28,31)/t22-/m0/s1. The second-order valence-corrected chi connectivity index (χ2v) is 7.35. The lowest BCUT2D eigenvalue weighted by atomic mass is 10.0. The molecule has 1 aromatic heterocycles. The molecule has 1 atom stereocenters. The molecule has 5 nitrogen and oxygen atoms in total. The van der Waals surface area contributed by atoms with Gasteiger partial charge in [-0.3, -0.25) is 9.59 Å². The van der Waals surface area contributed by atoms with Gasteiger partial charge >= 0.3 is 6.18 Å². The van der Waals surface area contributed by atoms with Crippen LogP contribution < -0.4 is 5.32 Å². The number of nitrogens with one attached hydrogen (secondary N) is 1. The number of alkyl halides is 3. The smallest absolute Gasteiger partial charge is 0.413 e. The summed E-state index contributed by atoms with van der Waals surface area (Å²) in [5.74, 6) is -1.20. The van der Waals surface area contributed by atoms with E-state index < -0.39 is 24.0 Å². The predicted molar refractivity (Wildman–Crippen MR) is 113 cm³/mol. The van der Waals surface area contributed by atoms with E-state index in [1.807, 2.05) is 0 Å². The fourth-order valence-corrected chi connectivity index (χ4v) is 3.41. The fraction of sp³-hybridized carbons (Fsp3) is 0.250. The number of amides is 2. The van der Waals surface area contributed by atoms with Gasteiger partial charge in [-0.05, 0) is 30.2 Å². The zero-order valence-corrected chi connectivity index (χ0v) is 17.4. The van der Waals surface area contributed by atoms with Crippen LogP contribution in [0.3, 0.4) is 0 Å². The molecule has 1 heterocycles. The third-order valence-electron chi connectivity index (χ3n) is 4.87. The topological polar surface area (TPSA) is 62.6 Å². The van der Waals surface area contributed by atoms with Crippen LogP contribution in [-0.2, 0) is 11.3 Å². The molecule has 0 radical (unpaired) electrons. The summed E-state index contributed by atoms with van der Waals surface area (Å²) in [5.41, 5.74) is 1.22. The highest BCUT2D eigenvalue weighted by molar-refractivity contribution is 5.91. The zero-order chi connectivity index (χ0) is 23.1. The SMILES string of the molecule is Cc1cccc([C@H](N(Cc2ccccc2)C(=O)CCNC(=O)c2ccco2)C(F)(F)F)c1. The van der Waals surface area contributed by atoms with Gasteiger partial charge in [0, 0.05) is 19.5 Å². The Morgan fingerprint density at radius 1 is 1.03 bits per heavy atom. The third-order valence-corrected chi connectivity index (χ3v) is 4.87. The average molecular weight is 444 g/mol. The van der Waals surface area contributed by atoms with Gasteiger partial charge in [-0.2, -0.15) is 13.2 Å². The molecule has 8 heteroatoms. The molecule has 2 aromatic carbocycles. The molecule has 0 aliphatic carbocycles. The van der Waals surface area contributed by atoms with Gasteiger partial charge < -0.3 is 14.6 Å². The van der Waals surface area contributed by atoms with Gasteiger partial charge in [-0.15, -0.1) is 0 Å². The molecule has 3 rings (SSSR count). The number of rotatable bonds is 8. The molecule has 0 aliphatic rings. The van der Waals surface area contributed by atoms with E-state index >= 15 is 0 Å². The van der Waals surface area contributed by atoms with E-state index in [-0.39, 0.29) is 30.8 Å². The highest BCUT2D eigenvalue weighted by Gasteiger charge is 2.46. The summed E-state index contributed by atoms with van der Waals surface area (Å²) in [4.78, 5) is 25.8. The lowest BCUT2D eigenvalue weighted by Gasteiger charge is -2.34. The largest absolute Gasteiger partial charge is 0.459 e. The maximum absolute atomic E-state index is 14.2. The average Bonchev–Trinajstić information content (AvgIpc) is 3.28. The lowest BCUT2D eigenvalue weighted by molar-refractivity contribution is -0.193. The van der Waals surface area contributed by atoms with Crippen LogP contribution in [0.4, 0.5) is 13.2 Å². The highest BCUT2D eigenvalue weighted by atomic mass is 19.4. The van der Waals surface area contributed by atoms with Crippen LogP contribution >= 0.6 is 0 Å². The number of nitrogens with zero attached hydrogens (tertiary/aromatic N) is 1. The second kappa shape index (κ2) is 10.2. The number of hydrogen-bond donors (Lipinski definition) is 1. The van der Waals surface area contributed by atoms with E-state index in [1.165, 1.54) is 36.6 Å². The molecule has 0 unspecified atom stereocenters. The van der Waals surface area contributed by atoms with Gasteiger partial charge in [0.25, 0.3) is 5.91 Å². The Morgan fingerprint density at radius 2 is 1.78 bits per heavy atom. The lowest BCUT2D eigenvalue weighted by Crippen LogP contribution is -2.43. The third kappa shape index (κ3) is 6.00. The molecule has 0 fully saturated rings. The van der Waals surface area contributed by atoms with E-state index in [1.54, 1.807) is 43.3 Å². The Balaban J connectivity index is 1.84. The van der Waals surface area contributed by atoms with E-state index in [2.05, 4.69) is 5.32 Å². The number of benzene rings is 2. The first kappa shape index (κ1) is 23.1. The first-order valence-corrected chi connectivity index (χ1v) is 10.0. The molecule has 0 aliphatic heterocycles. The minimum atomic E-state index is -4.68. The van der Waals surface area contributed by atoms with Crippen molar-refractivity contribution >= 4 is 11.8 Å². The Morgan fingerprint density at radius 3 is 2.41 bits per heavy atom. The Labute approximate surface area is 183 Å². The van der Waals surface area contributed by atoms with Crippen molar-refractivity contribution in [2.45, 2.75) is 32.1 Å². The number of halogens is 3. The van der Waals surface area contributed by atoms with Gasteiger partial charge in [-0.1, -0.05) is 60.2 Å². The summed E-state index contributed by atoms with van der Waals surface area (Å²) < 4.78 is 47.6. The monoisotopic (exact) mass is 444 g/mol. The quantitative estimate of drug-likeness (QED) is 0.530. The van der Waals surface area contributed by atoms with Crippen molar-refractivity contribution < 1.29 is 27.2 Å². The van der Waals surface area contributed by atoms with Crippen molar-refractivity contribution in [3.8, 4) is 0 Å². The van der Waals surface area contributed by atoms with Crippen LogP contribution in [0, 0.1) is 6.92 Å². The predicted octanol–water partition coefficient (Wildman–Crippen LogP) is 5.04. The number of carbonyl (C=O) groups is 2. The van der Waals surface area contributed by atoms with Crippen LogP contribution in [-0.4, -0.2) is 29.4 Å². The summed E-state index contributed by atoms with van der Waals surface area (Å²) in [6, 6.07) is 15.4. The van der Waals surface area contributed by atoms with Crippen molar-refractivity contribution in [3.05, 3.63) is 95.4 Å². The van der Waals surface area contributed by atoms with Crippen LogP contribution in [0.15, 0.2) is 77.4 Å². The maximum atomic E-state index is 14.2. The van der Waals surface area contributed by atoms with Gasteiger partial charge in [0.05, 0.1) is 6.26 Å². The summed E-state index contributed by atoms with van der Waals surface area (Å²) in [6.07, 6.45) is -3.65. The van der Waals surface area contributed by atoms with Crippen LogP contribution in [0.5, 0.6) is 0 Å². The maximum Gasteiger partial charge on any atom is 0.413 e. The molecule has 3 aromatic rings. The van der Waals surface area contributed by atoms with E-state index in [4.69, 9.17) is 4.42 Å². The minimum Gasteiger partial charge on any atom is -0.459 e.